The number of hydrogen-bond acceptors (Lipinski definition) is 4. The number of halogens is 3. The van der Waals surface area contributed by atoms with Gasteiger partial charge in [-0.2, -0.15) is 0 Å². The fourth-order valence-electron chi connectivity index (χ4n) is 0.363. The second kappa shape index (κ2) is 9.26. The Kier molecular flexibility index (Phi) is 10.8. The molecular formula is C6H11Cl3O6. The zero-order chi connectivity index (χ0) is 12.5. The minimum absolute atomic E-state index is 0.0373. The van der Waals surface area contributed by atoms with Crippen LogP contribution in [0.4, 0.5) is 4.79 Å². The van der Waals surface area contributed by atoms with Crippen LogP contribution < -0.4 is 0 Å². The molecule has 0 unspecified atom stereocenters. The molecule has 1 atom stereocenters. The Balaban J connectivity index is 0. The highest BCUT2D eigenvalue weighted by Gasteiger charge is 2.19. The van der Waals surface area contributed by atoms with E-state index in [2.05, 4.69) is 0 Å². The van der Waals surface area contributed by atoms with Crippen molar-refractivity contribution >= 4 is 41.0 Å². The van der Waals surface area contributed by atoms with E-state index in [1.807, 2.05) is 0 Å². The molecule has 0 fully saturated rings. The molecule has 0 aromatic carbocycles. The molecule has 0 aromatic rings. The number of aliphatic hydroxyl groups is 2. The van der Waals surface area contributed by atoms with Crippen molar-refractivity contribution < 1.29 is 30.0 Å². The van der Waals surface area contributed by atoms with Gasteiger partial charge in [0.15, 0.2) is 0 Å². The largest absolute Gasteiger partial charge is 0.503 e. The summed E-state index contributed by atoms with van der Waals surface area (Å²) in [5.74, 6) is 0. The molecule has 9 heteroatoms. The summed E-state index contributed by atoms with van der Waals surface area (Å²) < 4.78 is 3.28. The van der Waals surface area contributed by atoms with Crippen molar-refractivity contribution in [2.75, 3.05) is 19.8 Å². The van der Waals surface area contributed by atoms with Gasteiger partial charge in [0, 0.05) is 0 Å². The molecule has 0 amide bonds. The van der Waals surface area contributed by atoms with Crippen molar-refractivity contribution in [3.8, 4) is 0 Å². The predicted molar refractivity (Wildman–Crippen MR) is 54.9 cm³/mol. The first kappa shape index (κ1) is 17.4. The molecular weight excluding hydrogens is 274 g/mol. The number of carboxylic acid groups (broad SMARTS) is 2. The molecule has 0 bridgehead atoms. The topological polar surface area (TPSA) is 107 Å². The van der Waals surface area contributed by atoms with Crippen molar-refractivity contribution in [2.24, 2.45) is 0 Å². The van der Waals surface area contributed by atoms with Gasteiger partial charge in [-0.05, 0) is 0 Å². The third kappa shape index (κ3) is 24.9. The maximum Gasteiger partial charge on any atom is 0.503 e. The van der Waals surface area contributed by atoms with Crippen LogP contribution in [0.1, 0.15) is 0 Å². The molecule has 4 N–H and O–H groups in total. The van der Waals surface area contributed by atoms with Crippen molar-refractivity contribution in [1.82, 2.24) is 0 Å². The Morgan fingerprint density at radius 2 is 1.73 bits per heavy atom. The van der Waals surface area contributed by atoms with Gasteiger partial charge < -0.3 is 25.2 Å². The number of ether oxygens (including phenoxy) is 1. The average Bonchev–Trinajstić information content (AvgIpc) is 2.00. The summed E-state index contributed by atoms with van der Waals surface area (Å²) >= 11 is 16.0. The zero-order valence-electron chi connectivity index (χ0n) is 7.44. The molecule has 0 aliphatic rings. The van der Waals surface area contributed by atoms with E-state index in [-0.39, 0.29) is 19.8 Å². The van der Waals surface area contributed by atoms with Gasteiger partial charge in [0.2, 0.25) is 3.79 Å². The summed E-state index contributed by atoms with van der Waals surface area (Å²) in [4.78, 5) is 8.56. The van der Waals surface area contributed by atoms with Crippen molar-refractivity contribution in [3.05, 3.63) is 0 Å². The standard InChI is InChI=1S/C5H9Cl3O3.CH2O3/c6-5(7,8)3-11-2-4(10)1-9;2-1(3)4/h4,9-10H,1-3H2;(H2,2,3,4)/t4-;/m1./s1. The average molecular weight is 286 g/mol. The Labute approximate surface area is 101 Å². The Bertz CT molecular complexity index is 167. The van der Waals surface area contributed by atoms with E-state index >= 15 is 0 Å². The van der Waals surface area contributed by atoms with Crippen LogP contribution >= 0.6 is 34.8 Å². The second-order valence-corrected chi connectivity index (χ2v) is 4.77. The lowest BCUT2D eigenvalue weighted by molar-refractivity contribution is 0.00782. The van der Waals surface area contributed by atoms with E-state index in [1.165, 1.54) is 0 Å². The quantitative estimate of drug-likeness (QED) is 0.573. The van der Waals surface area contributed by atoms with Crippen LogP contribution in [0.3, 0.4) is 0 Å². The first-order chi connectivity index (χ1) is 6.69. The van der Waals surface area contributed by atoms with Gasteiger partial charge in [0.1, 0.15) is 6.10 Å². The van der Waals surface area contributed by atoms with Gasteiger partial charge in [-0.25, -0.2) is 4.79 Å². The van der Waals surface area contributed by atoms with Crippen LogP contribution in [0.15, 0.2) is 0 Å². The number of carbonyl (C=O) groups is 1. The lowest BCUT2D eigenvalue weighted by Gasteiger charge is -2.12. The van der Waals surface area contributed by atoms with Crippen LogP contribution in [0, 0.1) is 0 Å². The normalized spacial score (nSPS) is 12.6. The lowest BCUT2D eigenvalue weighted by atomic mass is 10.4. The van der Waals surface area contributed by atoms with Crippen LogP contribution in [0.25, 0.3) is 0 Å². The van der Waals surface area contributed by atoms with Crippen LogP contribution in [0.2, 0.25) is 0 Å². The highest BCUT2D eigenvalue weighted by molar-refractivity contribution is 6.67. The SMILES string of the molecule is O=C(O)O.OC[C@@H](O)COCC(Cl)(Cl)Cl. The monoisotopic (exact) mass is 284 g/mol. The van der Waals surface area contributed by atoms with E-state index in [0.717, 1.165) is 0 Å². The predicted octanol–water partition coefficient (Wildman–Crippen LogP) is 0.949. The highest BCUT2D eigenvalue weighted by atomic mass is 35.6. The second-order valence-electron chi connectivity index (χ2n) is 2.25. The van der Waals surface area contributed by atoms with Gasteiger partial charge in [0.25, 0.3) is 0 Å². The number of alkyl halides is 3. The summed E-state index contributed by atoms with van der Waals surface area (Å²) in [6, 6.07) is 0. The molecule has 0 radical (unpaired) electrons. The van der Waals surface area contributed by atoms with E-state index in [1.54, 1.807) is 0 Å². The summed E-state index contributed by atoms with van der Waals surface area (Å²) in [7, 11) is 0. The molecule has 0 aromatic heterocycles. The van der Waals surface area contributed by atoms with E-state index < -0.39 is 16.1 Å². The minimum Gasteiger partial charge on any atom is -0.450 e. The molecule has 0 spiro atoms. The molecule has 0 rings (SSSR count). The Morgan fingerprint density at radius 3 is 2.00 bits per heavy atom. The molecule has 0 saturated heterocycles. The highest BCUT2D eigenvalue weighted by Crippen LogP contribution is 2.25. The smallest absolute Gasteiger partial charge is 0.450 e. The Morgan fingerprint density at radius 1 is 1.33 bits per heavy atom. The molecule has 0 heterocycles. The number of aliphatic hydroxyl groups excluding tert-OH is 2. The van der Waals surface area contributed by atoms with Crippen LogP contribution in [-0.4, -0.2) is 56.3 Å². The summed E-state index contributed by atoms with van der Waals surface area (Å²) in [6.07, 6.45) is -2.75. The van der Waals surface area contributed by atoms with Gasteiger partial charge in [-0.1, -0.05) is 34.8 Å². The molecule has 92 valence electrons. The van der Waals surface area contributed by atoms with Crippen molar-refractivity contribution in [2.45, 2.75) is 9.90 Å². The van der Waals surface area contributed by atoms with Crippen LogP contribution in [0.5, 0.6) is 0 Å². The lowest BCUT2D eigenvalue weighted by Crippen LogP contribution is -2.23. The number of rotatable bonds is 4. The zero-order valence-corrected chi connectivity index (χ0v) is 9.71. The first-order valence-corrected chi connectivity index (χ1v) is 4.67. The number of hydrogen-bond donors (Lipinski definition) is 4. The summed E-state index contributed by atoms with van der Waals surface area (Å²) in [5.41, 5.74) is 0. The molecule has 0 aliphatic heterocycles. The maximum absolute atomic E-state index is 8.75. The van der Waals surface area contributed by atoms with E-state index in [0.29, 0.717) is 0 Å². The van der Waals surface area contributed by atoms with Gasteiger partial charge >= 0.3 is 6.16 Å². The summed E-state index contributed by atoms with van der Waals surface area (Å²) in [5, 5.41) is 31.0. The molecule has 6 nitrogen and oxygen atoms in total. The third-order valence-electron chi connectivity index (χ3n) is 0.787. The van der Waals surface area contributed by atoms with Crippen LogP contribution in [-0.2, 0) is 4.74 Å². The molecule has 0 aliphatic carbocycles. The molecule has 15 heavy (non-hydrogen) atoms. The first-order valence-electron chi connectivity index (χ1n) is 3.54. The minimum atomic E-state index is -1.83. The molecule has 0 saturated carbocycles. The fourth-order valence-corrected chi connectivity index (χ4v) is 0.595. The fraction of sp³-hybridized carbons (Fsp3) is 0.833. The van der Waals surface area contributed by atoms with Gasteiger partial charge in [-0.15, -0.1) is 0 Å². The van der Waals surface area contributed by atoms with E-state index in [4.69, 9.17) is 64.8 Å². The maximum atomic E-state index is 8.75. The van der Waals surface area contributed by atoms with Crippen molar-refractivity contribution in [1.29, 1.82) is 0 Å². The third-order valence-corrected chi connectivity index (χ3v) is 1.11. The summed E-state index contributed by atoms with van der Waals surface area (Å²) in [6.45, 7) is -0.501. The Hall–Kier alpha value is 0.0200. The van der Waals surface area contributed by atoms with E-state index in [9.17, 15) is 0 Å². The van der Waals surface area contributed by atoms with Crippen molar-refractivity contribution in [3.63, 3.8) is 0 Å². The van der Waals surface area contributed by atoms with Gasteiger partial charge in [0.05, 0.1) is 19.8 Å². The van der Waals surface area contributed by atoms with Gasteiger partial charge in [-0.3, -0.25) is 0 Å².